The summed E-state index contributed by atoms with van der Waals surface area (Å²) in [5.41, 5.74) is 7.44. The van der Waals surface area contributed by atoms with E-state index in [4.69, 9.17) is 10.5 Å². The van der Waals surface area contributed by atoms with Crippen LogP contribution in [0.3, 0.4) is 0 Å². The van der Waals surface area contributed by atoms with E-state index in [-0.39, 0.29) is 6.04 Å². The van der Waals surface area contributed by atoms with E-state index in [1.165, 1.54) is 31.2 Å². The second-order valence-corrected chi connectivity index (χ2v) is 5.40. The minimum atomic E-state index is 0.190. The molecule has 1 aliphatic rings. The average Bonchev–Trinajstić information content (AvgIpc) is 3.21. The van der Waals surface area contributed by atoms with Crippen molar-refractivity contribution in [3.8, 4) is 5.75 Å². The highest BCUT2D eigenvalue weighted by Crippen LogP contribution is 2.35. The van der Waals surface area contributed by atoms with Gasteiger partial charge in [0, 0.05) is 6.04 Å². The van der Waals surface area contributed by atoms with Gasteiger partial charge < -0.3 is 10.5 Å². The summed E-state index contributed by atoms with van der Waals surface area (Å²) in [7, 11) is 0. The van der Waals surface area contributed by atoms with Gasteiger partial charge in [-0.15, -0.1) is 0 Å². The van der Waals surface area contributed by atoms with Gasteiger partial charge in [0.25, 0.3) is 0 Å². The summed E-state index contributed by atoms with van der Waals surface area (Å²) in [5, 5.41) is 0. The van der Waals surface area contributed by atoms with Gasteiger partial charge in [0.05, 0.1) is 6.61 Å². The summed E-state index contributed by atoms with van der Waals surface area (Å²) in [4.78, 5) is 0. The molecule has 2 N–H and O–H groups in total. The highest BCUT2D eigenvalue weighted by Gasteiger charge is 2.21. The molecule has 0 amide bonds. The number of rotatable bonds is 8. The molecule has 0 radical (unpaired) electrons. The molecule has 0 saturated heterocycles. The molecule has 1 aliphatic carbocycles. The normalized spacial score (nSPS) is 16.6. The third-order valence-corrected chi connectivity index (χ3v) is 3.66. The fourth-order valence-electron chi connectivity index (χ4n) is 2.13. The van der Waals surface area contributed by atoms with Gasteiger partial charge >= 0.3 is 0 Å². The first-order valence-corrected chi connectivity index (χ1v) is 7.28. The molecule has 1 saturated carbocycles. The highest BCUT2D eigenvalue weighted by atomic mass is 16.5. The number of nitrogens with two attached hydrogens (primary N) is 1. The number of hydrogen-bond acceptors (Lipinski definition) is 2. The van der Waals surface area contributed by atoms with E-state index in [9.17, 15) is 0 Å². The maximum absolute atomic E-state index is 6.20. The van der Waals surface area contributed by atoms with Crippen LogP contribution in [0.25, 0.3) is 0 Å². The molecular weight excluding hydrogens is 222 g/mol. The maximum Gasteiger partial charge on any atom is 0.119 e. The predicted octanol–water partition coefficient (Wildman–Crippen LogP) is 4.06. The molecule has 2 nitrogen and oxygen atoms in total. The smallest absolute Gasteiger partial charge is 0.119 e. The molecule has 18 heavy (non-hydrogen) atoms. The van der Waals surface area contributed by atoms with Gasteiger partial charge in [-0.3, -0.25) is 0 Å². The molecule has 0 spiro atoms. The summed E-state index contributed by atoms with van der Waals surface area (Å²) < 4.78 is 5.65. The SMILES string of the molecule is CCCCOc1ccc(C(N)CCC2CC2)cc1. The Labute approximate surface area is 111 Å². The van der Waals surface area contributed by atoms with Crippen LogP contribution in [0.5, 0.6) is 5.75 Å². The lowest BCUT2D eigenvalue weighted by molar-refractivity contribution is 0.309. The van der Waals surface area contributed by atoms with Gasteiger partial charge in [-0.25, -0.2) is 0 Å². The second kappa shape index (κ2) is 6.79. The first-order chi connectivity index (χ1) is 8.79. The van der Waals surface area contributed by atoms with Crippen LogP contribution in [0.1, 0.15) is 57.1 Å². The van der Waals surface area contributed by atoms with Gasteiger partial charge in [-0.1, -0.05) is 38.3 Å². The Bertz CT molecular complexity index is 343. The molecule has 2 heteroatoms. The van der Waals surface area contributed by atoms with E-state index in [2.05, 4.69) is 19.1 Å². The van der Waals surface area contributed by atoms with E-state index in [1.54, 1.807) is 0 Å². The Morgan fingerprint density at radius 3 is 2.61 bits per heavy atom. The molecule has 2 rings (SSSR count). The third-order valence-electron chi connectivity index (χ3n) is 3.66. The Balaban J connectivity index is 1.77. The van der Waals surface area contributed by atoms with Crippen molar-refractivity contribution in [3.05, 3.63) is 29.8 Å². The first kappa shape index (κ1) is 13.4. The van der Waals surface area contributed by atoms with Crippen LogP contribution in [-0.2, 0) is 0 Å². The van der Waals surface area contributed by atoms with Gasteiger partial charge in [0.2, 0.25) is 0 Å². The van der Waals surface area contributed by atoms with E-state index < -0.39 is 0 Å². The van der Waals surface area contributed by atoms with Crippen molar-refractivity contribution in [1.82, 2.24) is 0 Å². The standard InChI is InChI=1S/C16H25NO/c1-2-3-12-18-15-9-7-14(8-10-15)16(17)11-6-13-4-5-13/h7-10,13,16H,2-6,11-12,17H2,1H3. The summed E-state index contributed by atoms with van der Waals surface area (Å²) in [6.45, 7) is 2.98. The van der Waals surface area contributed by atoms with Gasteiger partial charge in [0.15, 0.2) is 0 Å². The summed E-state index contributed by atoms with van der Waals surface area (Å²) >= 11 is 0. The van der Waals surface area contributed by atoms with Crippen molar-refractivity contribution in [2.45, 2.75) is 51.5 Å². The van der Waals surface area contributed by atoms with E-state index >= 15 is 0 Å². The predicted molar refractivity (Wildman–Crippen MR) is 75.7 cm³/mol. The van der Waals surface area contributed by atoms with Crippen LogP contribution in [0, 0.1) is 5.92 Å². The van der Waals surface area contributed by atoms with Gasteiger partial charge in [-0.2, -0.15) is 0 Å². The number of ether oxygens (including phenoxy) is 1. The van der Waals surface area contributed by atoms with E-state index in [0.717, 1.165) is 31.1 Å². The van der Waals surface area contributed by atoms with Crippen molar-refractivity contribution in [3.63, 3.8) is 0 Å². The molecule has 0 aliphatic heterocycles. The molecule has 1 fully saturated rings. The Hall–Kier alpha value is -1.02. The summed E-state index contributed by atoms with van der Waals surface area (Å²) in [5.74, 6) is 1.93. The maximum atomic E-state index is 6.20. The van der Waals surface area contributed by atoms with Crippen LogP contribution in [-0.4, -0.2) is 6.61 Å². The minimum absolute atomic E-state index is 0.190. The molecule has 0 aromatic heterocycles. The van der Waals surface area contributed by atoms with E-state index in [1.807, 2.05) is 12.1 Å². The summed E-state index contributed by atoms with van der Waals surface area (Å²) in [6, 6.07) is 8.50. The number of hydrogen-bond donors (Lipinski definition) is 1. The zero-order valence-electron chi connectivity index (χ0n) is 11.4. The molecule has 100 valence electrons. The molecule has 1 aromatic rings. The first-order valence-electron chi connectivity index (χ1n) is 7.28. The molecule has 1 aromatic carbocycles. The zero-order chi connectivity index (χ0) is 12.8. The molecular formula is C16H25NO. The largest absolute Gasteiger partial charge is 0.494 e. The minimum Gasteiger partial charge on any atom is -0.494 e. The van der Waals surface area contributed by atoms with Crippen molar-refractivity contribution in [2.75, 3.05) is 6.61 Å². The van der Waals surface area contributed by atoms with Crippen LogP contribution in [0.4, 0.5) is 0 Å². The molecule has 0 bridgehead atoms. The fraction of sp³-hybridized carbons (Fsp3) is 0.625. The fourth-order valence-corrected chi connectivity index (χ4v) is 2.13. The molecule has 0 heterocycles. The van der Waals surface area contributed by atoms with Crippen LogP contribution in [0.2, 0.25) is 0 Å². The van der Waals surface area contributed by atoms with Crippen molar-refractivity contribution < 1.29 is 4.74 Å². The lowest BCUT2D eigenvalue weighted by Crippen LogP contribution is -2.10. The zero-order valence-corrected chi connectivity index (χ0v) is 11.4. The van der Waals surface area contributed by atoms with Crippen LogP contribution < -0.4 is 10.5 Å². The van der Waals surface area contributed by atoms with Gasteiger partial charge in [0.1, 0.15) is 5.75 Å². The Morgan fingerprint density at radius 1 is 1.28 bits per heavy atom. The van der Waals surface area contributed by atoms with Crippen LogP contribution in [0.15, 0.2) is 24.3 Å². The van der Waals surface area contributed by atoms with Crippen molar-refractivity contribution in [2.24, 2.45) is 11.7 Å². The van der Waals surface area contributed by atoms with Crippen molar-refractivity contribution in [1.29, 1.82) is 0 Å². The number of unbranched alkanes of at least 4 members (excludes halogenated alkanes) is 1. The Morgan fingerprint density at radius 2 is 2.00 bits per heavy atom. The third kappa shape index (κ3) is 4.34. The Kier molecular flexibility index (Phi) is 5.06. The summed E-state index contributed by atoms with van der Waals surface area (Å²) in [6.07, 6.45) is 7.51. The quantitative estimate of drug-likeness (QED) is 0.703. The van der Waals surface area contributed by atoms with Crippen molar-refractivity contribution >= 4 is 0 Å². The highest BCUT2D eigenvalue weighted by molar-refractivity contribution is 5.29. The molecule has 1 unspecified atom stereocenters. The topological polar surface area (TPSA) is 35.2 Å². The lowest BCUT2D eigenvalue weighted by atomic mass is 10.0. The molecule has 1 atom stereocenters. The van der Waals surface area contributed by atoms with Crippen LogP contribution >= 0.6 is 0 Å². The van der Waals surface area contributed by atoms with E-state index in [0.29, 0.717) is 0 Å². The average molecular weight is 247 g/mol. The lowest BCUT2D eigenvalue weighted by Gasteiger charge is -2.12. The number of benzene rings is 1. The second-order valence-electron chi connectivity index (χ2n) is 5.40. The van der Waals surface area contributed by atoms with Gasteiger partial charge in [-0.05, 0) is 42.9 Å². The monoisotopic (exact) mass is 247 g/mol.